The molecule has 0 aliphatic carbocycles. The van der Waals surface area contributed by atoms with Crippen LogP contribution in [0.1, 0.15) is 18.5 Å². The van der Waals surface area contributed by atoms with Crippen molar-refractivity contribution in [3.63, 3.8) is 0 Å². The van der Waals surface area contributed by atoms with Gasteiger partial charge in [0, 0.05) is 41.2 Å². The van der Waals surface area contributed by atoms with Crippen molar-refractivity contribution in [3.05, 3.63) is 64.3 Å². The van der Waals surface area contributed by atoms with E-state index < -0.39 is 0 Å². The monoisotopic (exact) mass is 471 g/mol. The highest BCUT2D eigenvalue weighted by atomic mass is 35.5. The van der Waals surface area contributed by atoms with Crippen LogP contribution < -0.4 is 20.3 Å². The van der Waals surface area contributed by atoms with E-state index in [2.05, 4.69) is 25.5 Å². The number of carbonyl (C=O) groups excluding carboxylic acids is 1. The van der Waals surface area contributed by atoms with Crippen LogP contribution in [0.5, 0.6) is 5.75 Å². The van der Waals surface area contributed by atoms with Gasteiger partial charge in [0.25, 0.3) is 5.91 Å². The molecule has 0 bridgehead atoms. The van der Waals surface area contributed by atoms with Gasteiger partial charge in [-0.1, -0.05) is 23.2 Å². The molecule has 3 aromatic rings. The molecule has 2 aromatic carbocycles. The van der Waals surface area contributed by atoms with Gasteiger partial charge >= 0.3 is 0 Å². The molecule has 7 nitrogen and oxygen atoms in total. The van der Waals surface area contributed by atoms with Gasteiger partial charge in [0.05, 0.1) is 5.02 Å². The topological polar surface area (TPSA) is 79.4 Å². The highest BCUT2D eigenvalue weighted by molar-refractivity contribution is 6.35. The van der Waals surface area contributed by atoms with E-state index in [0.29, 0.717) is 27.4 Å². The predicted molar refractivity (Wildman–Crippen MR) is 129 cm³/mol. The molecule has 2 N–H and O–H groups in total. The molecule has 4 rings (SSSR count). The van der Waals surface area contributed by atoms with Crippen LogP contribution in [0, 0.1) is 6.92 Å². The van der Waals surface area contributed by atoms with Crippen LogP contribution in [-0.4, -0.2) is 35.6 Å². The summed E-state index contributed by atoms with van der Waals surface area (Å²) in [5, 5.41) is 6.88. The lowest BCUT2D eigenvalue weighted by atomic mass is 10.3. The van der Waals surface area contributed by atoms with Gasteiger partial charge in [-0.3, -0.25) is 4.79 Å². The fourth-order valence-electron chi connectivity index (χ4n) is 3.41. The molecule has 2 heterocycles. The van der Waals surface area contributed by atoms with Crippen LogP contribution in [0.4, 0.5) is 23.1 Å². The number of benzene rings is 2. The fraction of sp³-hybridized carbons (Fsp3) is 0.261. The number of halogens is 2. The third-order valence-electron chi connectivity index (χ3n) is 4.95. The van der Waals surface area contributed by atoms with Crippen LogP contribution in [0.3, 0.4) is 0 Å². The maximum absolute atomic E-state index is 12.2. The number of ether oxygens (including phenoxy) is 1. The van der Waals surface area contributed by atoms with Gasteiger partial charge in [0.2, 0.25) is 5.95 Å². The van der Waals surface area contributed by atoms with Crippen molar-refractivity contribution in [2.45, 2.75) is 19.8 Å². The Bertz CT molecular complexity index is 1100. The Balaban J connectivity index is 1.33. The Morgan fingerprint density at radius 1 is 1.03 bits per heavy atom. The number of carbonyl (C=O) groups is 1. The lowest BCUT2D eigenvalue weighted by Crippen LogP contribution is -2.20. The van der Waals surface area contributed by atoms with Crippen molar-refractivity contribution in [2.24, 2.45) is 0 Å². The smallest absolute Gasteiger partial charge is 0.262 e. The van der Waals surface area contributed by atoms with Crippen molar-refractivity contribution in [3.8, 4) is 5.75 Å². The number of aromatic nitrogens is 2. The zero-order valence-electron chi connectivity index (χ0n) is 17.6. The predicted octanol–water partition coefficient (Wildman–Crippen LogP) is 5.45. The maximum atomic E-state index is 12.2. The number of nitrogens with zero attached hydrogens (tertiary/aromatic N) is 3. The molecule has 1 aliphatic rings. The Labute approximate surface area is 196 Å². The SMILES string of the molecule is Cc1cc(N2CCCC2)nc(Nc2ccc(NC(=O)COc3ccc(Cl)cc3Cl)cc2)n1. The molecule has 0 unspecified atom stereocenters. The number of hydrogen-bond donors (Lipinski definition) is 2. The van der Waals surface area contributed by atoms with E-state index in [1.54, 1.807) is 30.3 Å². The molecular weight excluding hydrogens is 449 g/mol. The van der Waals surface area contributed by atoms with E-state index in [4.69, 9.17) is 27.9 Å². The standard InChI is InChI=1S/C23H23Cl2N5O2/c1-15-12-21(30-10-2-3-11-30)29-23(26-15)28-18-7-5-17(6-8-18)27-22(31)14-32-20-9-4-16(24)13-19(20)25/h4-9,12-13H,2-3,10-11,14H2,1H3,(H,27,31)(H,26,28,29). The molecule has 0 saturated carbocycles. The molecule has 9 heteroatoms. The first kappa shape index (κ1) is 22.2. The van der Waals surface area contributed by atoms with Crippen LogP contribution >= 0.6 is 23.2 Å². The zero-order valence-corrected chi connectivity index (χ0v) is 19.1. The van der Waals surface area contributed by atoms with Crippen molar-refractivity contribution in [2.75, 3.05) is 35.2 Å². The normalized spacial score (nSPS) is 13.2. The number of aryl methyl sites for hydroxylation is 1. The molecule has 0 radical (unpaired) electrons. The zero-order chi connectivity index (χ0) is 22.5. The Morgan fingerprint density at radius 3 is 2.47 bits per heavy atom. The number of amides is 1. The van der Waals surface area contributed by atoms with Gasteiger partial charge in [0.15, 0.2) is 6.61 Å². The van der Waals surface area contributed by atoms with Crippen LogP contribution in [0.2, 0.25) is 10.0 Å². The summed E-state index contributed by atoms with van der Waals surface area (Å²) < 4.78 is 5.46. The number of hydrogen-bond acceptors (Lipinski definition) is 6. The molecule has 0 atom stereocenters. The summed E-state index contributed by atoms with van der Waals surface area (Å²) in [6, 6.07) is 14.2. The molecule has 1 fully saturated rings. The Hall–Kier alpha value is -3.03. The minimum atomic E-state index is -0.297. The lowest BCUT2D eigenvalue weighted by Gasteiger charge is -2.17. The highest BCUT2D eigenvalue weighted by Gasteiger charge is 2.15. The molecule has 1 amide bonds. The van der Waals surface area contributed by atoms with Crippen LogP contribution in [0.15, 0.2) is 48.5 Å². The lowest BCUT2D eigenvalue weighted by molar-refractivity contribution is -0.118. The second-order valence-corrected chi connectivity index (χ2v) is 8.34. The van der Waals surface area contributed by atoms with Gasteiger partial charge in [-0.05, 0) is 62.2 Å². The molecule has 1 aliphatic heterocycles. The molecule has 1 saturated heterocycles. The summed E-state index contributed by atoms with van der Waals surface area (Å²) in [5.41, 5.74) is 2.38. The first-order chi connectivity index (χ1) is 15.5. The molecular formula is C23H23Cl2N5O2. The second kappa shape index (κ2) is 10.1. The van der Waals surface area contributed by atoms with Crippen LogP contribution in [0.25, 0.3) is 0 Å². The van der Waals surface area contributed by atoms with Gasteiger partial charge in [-0.15, -0.1) is 0 Å². The maximum Gasteiger partial charge on any atom is 0.262 e. The van der Waals surface area contributed by atoms with Gasteiger partial charge < -0.3 is 20.3 Å². The molecule has 32 heavy (non-hydrogen) atoms. The van der Waals surface area contributed by atoms with Crippen LogP contribution in [-0.2, 0) is 4.79 Å². The van der Waals surface area contributed by atoms with Gasteiger partial charge in [-0.2, -0.15) is 4.98 Å². The van der Waals surface area contributed by atoms with E-state index in [1.807, 2.05) is 25.1 Å². The highest BCUT2D eigenvalue weighted by Crippen LogP contribution is 2.27. The first-order valence-corrected chi connectivity index (χ1v) is 11.1. The quantitative estimate of drug-likeness (QED) is 0.476. The summed E-state index contributed by atoms with van der Waals surface area (Å²) in [6.07, 6.45) is 2.38. The minimum absolute atomic E-state index is 0.169. The molecule has 166 valence electrons. The average Bonchev–Trinajstić information content (AvgIpc) is 3.29. The van der Waals surface area contributed by atoms with Crippen molar-refractivity contribution < 1.29 is 9.53 Å². The minimum Gasteiger partial charge on any atom is -0.482 e. The van der Waals surface area contributed by atoms with E-state index in [1.165, 1.54) is 12.8 Å². The van der Waals surface area contributed by atoms with E-state index >= 15 is 0 Å². The van der Waals surface area contributed by atoms with Gasteiger partial charge in [-0.25, -0.2) is 4.98 Å². The second-order valence-electron chi connectivity index (χ2n) is 7.50. The summed E-state index contributed by atoms with van der Waals surface area (Å²) in [6.45, 7) is 3.85. The molecule has 0 spiro atoms. The number of nitrogens with one attached hydrogen (secondary N) is 2. The Kier molecular flexibility index (Phi) is 6.97. The fourth-order valence-corrected chi connectivity index (χ4v) is 3.88. The summed E-state index contributed by atoms with van der Waals surface area (Å²) in [7, 11) is 0. The average molecular weight is 472 g/mol. The third kappa shape index (κ3) is 5.81. The first-order valence-electron chi connectivity index (χ1n) is 10.3. The van der Waals surface area contributed by atoms with Crippen molar-refractivity contribution in [1.82, 2.24) is 9.97 Å². The number of rotatable bonds is 7. The van der Waals surface area contributed by atoms with Crippen molar-refractivity contribution in [1.29, 1.82) is 0 Å². The largest absolute Gasteiger partial charge is 0.482 e. The van der Waals surface area contributed by atoms with E-state index in [0.717, 1.165) is 30.3 Å². The Morgan fingerprint density at radius 2 is 1.75 bits per heavy atom. The van der Waals surface area contributed by atoms with Crippen molar-refractivity contribution >= 4 is 52.3 Å². The molecule has 1 aromatic heterocycles. The summed E-state index contributed by atoms with van der Waals surface area (Å²) in [4.78, 5) is 23.6. The summed E-state index contributed by atoms with van der Waals surface area (Å²) in [5.74, 6) is 1.60. The third-order valence-corrected chi connectivity index (χ3v) is 5.48. The van der Waals surface area contributed by atoms with E-state index in [9.17, 15) is 4.79 Å². The van der Waals surface area contributed by atoms with Gasteiger partial charge in [0.1, 0.15) is 11.6 Å². The summed E-state index contributed by atoms with van der Waals surface area (Å²) >= 11 is 11.9. The number of anilines is 4. The van der Waals surface area contributed by atoms with E-state index in [-0.39, 0.29) is 12.5 Å².